The van der Waals surface area contributed by atoms with Gasteiger partial charge in [0.1, 0.15) is 5.39 Å². The molecule has 2 aromatic heterocycles. The van der Waals surface area contributed by atoms with Crippen molar-refractivity contribution in [2.45, 2.75) is 0 Å². The predicted octanol–water partition coefficient (Wildman–Crippen LogP) is 6.11. The van der Waals surface area contributed by atoms with Gasteiger partial charge in [-0.2, -0.15) is 0 Å². The second-order valence-electron chi connectivity index (χ2n) is 7.26. The van der Waals surface area contributed by atoms with Crippen molar-refractivity contribution in [1.29, 1.82) is 0 Å². The van der Waals surface area contributed by atoms with E-state index in [4.69, 9.17) is 34.8 Å². The van der Waals surface area contributed by atoms with Crippen LogP contribution < -0.4 is 5.56 Å². The predicted molar refractivity (Wildman–Crippen MR) is 132 cm³/mol. The van der Waals surface area contributed by atoms with E-state index in [2.05, 4.69) is 10.1 Å². The van der Waals surface area contributed by atoms with E-state index >= 15 is 0 Å². The third-order valence-electron chi connectivity index (χ3n) is 5.13. The van der Waals surface area contributed by atoms with Crippen LogP contribution in [0.3, 0.4) is 0 Å². The third-order valence-corrected chi connectivity index (χ3v) is 5.93. The largest absolute Gasteiger partial charge is 0.269 e. The van der Waals surface area contributed by atoms with Gasteiger partial charge in [0, 0.05) is 33.9 Å². The van der Waals surface area contributed by atoms with Gasteiger partial charge in [-0.05, 0) is 54.6 Å². The summed E-state index contributed by atoms with van der Waals surface area (Å²) in [4.78, 5) is 28.8. The molecule has 0 N–H and O–H groups in total. The number of fused-ring (bicyclic) bond motifs is 1. The molecule has 0 aliphatic rings. The number of non-ortho nitro benzene ring substituents is 1. The van der Waals surface area contributed by atoms with Crippen molar-refractivity contribution in [3.63, 3.8) is 0 Å². The molecule has 2 heterocycles. The van der Waals surface area contributed by atoms with Gasteiger partial charge < -0.3 is 0 Å². The van der Waals surface area contributed by atoms with E-state index < -0.39 is 4.92 Å². The van der Waals surface area contributed by atoms with E-state index in [1.165, 1.54) is 27.6 Å². The SMILES string of the molecule is O=c1c2cn(-c3ccc([N+](=O)[O-])cc3)nc2nc(-c2ccc(Cl)cc2Cl)n1-c1ccc(Cl)cc1. The number of nitrogens with zero attached hydrogens (tertiary/aromatic N) is 5. The fourth-order valence-electron chi connectivity index (χ4n) is 3.51. The number of halogens is 3. The van der Waals surface area contributed by atoms with Crippen molar-refractivity contribution in [3.8, 4) is 22.8 Å². The quantitative estimate of drug-likeness (QED) is 0.214. The summed E-state index contributed by atoms with van der Waals surface area (Å²) >= 11 is 18.6. The van der Waals surface area contributed by atoms with E-state index in [1.807, 2.05) is 0 Å². The first-order valence-electron chi connectivity index (χ1n) is 9.80. The number of hydrogen-bond donors (Lipinski definition) is 0. The number of hydrogen-bond acceptors (Lipinski definition) is 5. The minimum atomic E-state index is -0.488. The van der Waals surface area contributed by atoms with Crippen molar-refractivity contribution >= 4 is 51.5 Å². The van der Waals surface area contributed by atoms with Gasteiger partial charge in [0.15, 0.2) is 11.5 Å². The van der Waals surface area contributed by atoms with Crippen LogP contribution in [0.4, 0.5) is 5.69 Å². The molecule has 0 saturated heterocycles. The van der Waals surface area contributed by atoms with Crippen LogP contribution in [-0.4, -0.2) is 24.3 Å². The Kier molecular flexibility index (Phi) is 5.57. The van der Waals surface area contributed by atoms with Crippen molar-refractivity contribution in [2.75, 3.05) is 0 Å². The van der Waals surface area contributed by atoms with Crippen LogP contribution in [0.1, 0.15) is 0 Å². The summed E-state index contributed by atoms with van der Waals surface area (Å²) in [5, 5.41) is 16.9. The van der Waals surface area contributed by atoms with Crippen molar-refractivity contribution in [2.24, 2.45) is 0 Å². The molecule has 0 bridgehead atoms. The molecule has 0 aliphatic heterocycles. The number of rotatable bonds is 4. The van der Waals surface area contributed by atoms with Gasteiger partial charge in [-0.15, -0.1) is 5.10 Å². The van der Waals surface area contributed by atoms with E-state index in [-0.39, 0.29) is 28.1 Å². The summed E-state index contributed by atoms with van der Waals surface area (Å²) in [6.45, 7) is 0. The lowest BCUT2D eigenvalue weighted by Gasteiger charge is -2.13. The van der Waals surface area contributed by atoms with Crippen LogP contribution >= 0.6 is 34.8 Å². The van der Waals surface area contributed by atoms with E-state index in [0.29, 0.717) is 32.0 Å². The highest BCUT2D eigenvalue weighted by Crippen LogP contribution is 2.31. The zero-order valence-corrected chi connectivity index (χ0v) is 19.3. The summed E-state index contributed by atoms with van der Waals surface area (Å²) in [6.07, 6.45) is 1.53. The summed E-state index contributed by atoms with van der Waals surface area (Å²) in [7, 11) is 0. The maximum Gasteiger partial charge on any atom is 0.269 e. The molecule has 5 rings (SSSR count). The van der Waals surface area contributed by atoms with Crippen LogP contribution in [0.25, 0.3) is 33.8 Å². The molecule has 0 unspecified atom stereocenters. The van der Waals surface area contributed by atoms with Gasteiger partial charge in [-0.3, -0.25) is 19.5 Å². The van der Waals surface area contributed by atoms with Crippen molar-refractivity contribution in [1.82, 2.24) is 19.3 Å². The highest BCUT2D eigenvalue weighted by Gasteiger charge is 2.19. The Balaban J connectivity index is 1.77. The zero-order valence-electron chi connectivity index (χ0n) is 17.0. The lowest BCUT2D eigenvalue weighted by atomic mass is 10.2. The van der Waals surface area contributed by atoms with Gasteiger partial charge in [0.05, 0.1) is 21.3 Å². The Bertz CT molecular complexity index is 1630. The molecule has 5 aromatic rings. The van der Waals surface area contributed by atoms with E-state index in [9.17, 15) is 14.9 Å². The second-order valence-corrected chi connectivity index (χ2v) is 8.54. The van der Waals surface area contributed by atoms with Crippen LogP contribution in [0.5, 0.6) is 0 Å². The first-order chi connectivity index (χ1) is 16.3. The topological polar surface area (TPSA) is 95.8 Å². The average Bonchev–Trinajstić information content (AvgIpc) is 3.25. The average molecular weight is 513 g/mol. The number of nitro benzene ring substituents is 1. The molecule has 0 fully saturated rings. The van der Waals surface area contributed by atoms with Gasteiger partial charge in [-0.25, -0.2) is 9.67 Å². The van der Waals surface area contributed by atoms with Crippen LogP contribution in [0.15, 0.2) is 77.7 Å². The Morgan fingerprint density at radius 1 is 0.853 bits per heavy atom. The molecule has 34 heavy (non-hydrogen) atoms. The van der Waals surface area contributed by atoms with Gasteiger partial charge in [-0.1, -0.05) is 34.8 Å². The van der Waals surface area contributed by atoms with Crippen LogP contribution in [0, 0.1) is 10.1 Å². The lowest BCUT2D eigenvalue weighted by Crippen LogP contribution is -2.21. The normalized spacial score (nSPS) is 11.1. The molecule has 11 heteroatoms. The lowest BCUT2D eigenvalue weighted by molar-refractivity contribution is -0.384. The number of aromatic nitrogens is 4. The maximum absolute atomic E-state index is 13.7. The third kappa shape index (κ3) is 3.92. The molecule has 0 amide bonds. The molecule has 0 aliphatic carbocycles. The second kappa shape index (κ2) is 8.57. The molecule has 0 atom stereocenters. The monoisotopic (exact) mass is 511 g/mol. The maximum atomic E-state index is 13.7. The molecule has 8 nitrogen and oxygen atoms in total. The summed E-state index contributed by atoms with van der Waals surface area (Å²) in [5.41, 5.74) is 1.32. The van der Waals surface area contributed by atoms with E-state index in [1.54, 1.807) is 54.6 Å². The first kappa shape index (κ1) is 22.1. The molecular formula is C23H12Cl3N5O3. The van der Waals surface area contributed by atoms with Crippen LogP contribution in [-0.2, 0) is 0 Å². The molecule has 0 spiro atoms. The highest BCUT2D eigenvalue weighted by molar-refractivity contribution is 6.36. The minimum absolute atomic E-state index is 0.0525. The molecule has 0 saturated carbocycles. The number of benzene rings is 3. The van der Waals surface area contributed by atoms with E-state index in [0.717, 1.165) is 0 Å². The van der Waals surface area contributed by atoms with Crippen molar-refractivity contribution < 1.29 is 4.92 Å². The Morgan fingerprint density at radius 3 is 2.15 bits per heavy atom. The molecule has 168 valence electrons. The first-order valence-corrected chi connectivity index (χ1v) is 10.9. The zero-order chi connectivity index (χ0) is 24.0. The Labute approximate surface area is 206 Å². The van der Waals surface area contributed by atoms with Gasteiger partial charge >= 0.3 is 0 Å². The standard InChI is InChI=1S/C23H12Cl3N5O3/c24-13-1-4-16(5-2-13)30-22(18-10-3-14(25)11-20(18)26)27-21-19(23(30)32)12-29(28-21)15-6-8-17(9-7-15)31(33)34/h1-12H. The minimum Gasteiger partial charge on any atom is -0.268 e. The molecule has 3 aromatic carbocycles. The summed E-state index contributed by atoms with van der Waals surface area (Å²) < 4.78 is 2.87. The van der Waals surface area contributed by atoms with Gasteiger partial charge in [0.25, 0.3) is 11.2 Å². The fraction of sp³-hybridized carbons (Fsp3) is 0. The summed E-state index contributed by atoms with van der Waals surface area (Å²) in [5.74, 6) is 0.274. The highest BCUT2D eigenvalue weighted by atomic mass is 35.5. The Morgan fingerprint density at radius 2 is 1.50 bits per heavy atom. The molecular weight excluding hydrogens is 501 g/mol. The fourth-order valence-corrected chi connectivity index (χ4v) is 4.12. The van der Waals surface area contributed by atoms with Crippen LogP contribution in [0.2, 0.25) is 15.1 Å². The Hall–Kier alpha value is -3.72. The van der Waals surface area contributed by atoms with Crippen molar-refractivity contribution in [3.05, 3.63) is 108 Å². The smallest absolute Gasteiger partial charge is 0.268 e. The van der Waals surface area contributed by atoms with Gasteiger partial charge in [0.2, 0.25) is 0 Å². The number of nitro groups is 1. The molecule has 0 radical (unpaired) electrons. The summed E-state index contributed by atoms with van der Waals surface area (Å²) in [6, 6.07) is 17.4.